The van der Waals surface area contributed by atoms with E-state index in [0.717, 1.165) is 22.6 Å². The van der Waals surface area contributed by atoms with Crippen LogP contribution in [0, 0.1) is 5.41 Å². The highest BCUT2D eigenvalue weighted by Crippen LogP contribution is 2.19. The van der Waals surface area contributed by atoms with E-state index in [1.165, 1.54) is 12.4 Å². The Labute approximate surface area is 152 Å². The van der Waals surface area contributed by atoms with Gasteiger partial charge in [-0.25, -0.2) is 9.79 Å². The van der Waals surface area contributed by atoms with Crippen molar-refractivity contribution in [1.29, 1.82) is 5.41 Å². The fraction of sp³-hybridized carbons (Fsp3) is 0.357. The van der Waals surface area contributed by atoms with Gasteiger partial charge < -0.3 is 10.5 Å². The third-order valence-electron chi connectivity index (χ3n) is 1.55. The van der Waals surface area contributed by atoms with Gasteiger partial charge in [0.25, 0.3) is 0 Å². The van der Waals surface area contributed by atoms with Crippen molar-refractivity contribution in [3.8, 4) is 0 Å². The summed E-state index contributed by atoms with van der Waals surface area (Å²) in [5.74, 6) is 0.312. The van der Waals surface area contributed by atoms with Crippen molar-refractivity contribution in [3.63, 3.8) is 0 Å². The fourth-order valence-electron chi connectivity index (χ4n) is 0.746. The molecule has 0 heterocycles. The van der Waals surface area contributed by atoms with Gasteiger partial charge in [0.15, 0.2) is 3.72 Å². The number of halogens is 4. The Kier molecular flexibility index (Phi) is 11.8. The van der Waals surface area contributed by atoms with E-state index in [4.69, 9.17) is 15.9 Å². The smallest absolute Gasteiger partial charge is 0.438 e. The predicted molar refractivity (Wildman–Crippen MR) is 97.3 cm³/mol. The molecule has 0 radical (unpaired) electrons. The summed E-state index contributed by atoms with van der Waals surface area (Å²) in [6.07, 6.45) is 2.59. The van der Waals surface area contributed by atoms with Gasteiger partial charge in [0.05, 0.1) is 0 Å². The first-order chi connectivity index (χ1) is 10.8. The predicted octanol–water partition coefficient (Wildman–Crippen LogP) is 4.04. The number of nitrogens with two attached hydrogens (primary N) is 1. The van der Waals surface area contributed by atoms with Gasteiger partial charge in [-0.05, 0) is 49.4 Å². The molecule has 0 aromatic rings. The second-order valence-electron chi connectivity index (χ2n) is 4.92. The van der Waals surface area contributed by atoms with E-state index in [1.54, 1.807) is 39.0 Å². The molecule has 0 atom stereocenters. The van der Waals surface area contributed by atoms with Crippen molar-refractivity contribution >= 4 is 38.2 Å². The van der Waals surface area contributed by atoms with Gasteiger partial charge in [0.1, 0.15) is 11.4 Å². The van der Waals surface area contributed by atoms with E-state index in [2.05, 4.69) is 16.9 Å². The summed E-state index contributed by atoms with van der Waals surface area (Å²) in [6, 6.07) is 0. The van der Waals surface area contributed by atoms with Crippen molar-refractivity contribution in [1.82, 2.24) is 5.32 Å². The van der Waals surface area contributed by atoms with Crippen LogP contribution in [-0.2, 0) is 4.74 Å². The maximum Gasteiger partial charge on any atom is 0.438 e. The summed E-state index contributed by atoms with van der Waals surface area (Å²) in [7, 11) is 0. The van der Waals surface area contributed by atoms with Crippen LogP contribution in [0.5, 0.6) is 0 Å². The lowest BCUT2D eigenvalue weighted by Gasteiger charge is -2.18. The Morgan fingerprint density at radius 3 is 2.25 bits per heavy atom. The lowest BCUT2D eigenvalue weighted by molar-refractivity contribution is -0.0551. The van der Waals surface area contributed by atoms with Gasteiger partial charge in [-0.3, -0.25) is 10.7 Å². The number of amidine groups is 1. The number of hydrogen-bond donors (Lipinski definition) is 3. The summed E-state index contributed by atoms with van der Waals surface area (Å²) in [6.45, 7) is 8.85. The number of alkyl carbamates (subject to hydrolysis) is 1. The van der Waals surface area contributed by atoms with E-state index in [1.807, 2.05) is 0 Å². The molecule has 0 rings (SSSR count). The third kappa shape index (κ3) is 18.2. The number of allylic oxidation sites excluding steroid dienone is 2. The van der Waals surface area contributed by atoms with Crippen LogP contribution in [0.3, 0.4) is 0 Å². The molecule has 0 saturated heterocycles. The van der Waals surface area contributed by atoms with Crippen LogP contribution in [0.2, 0.25) is 0 Å². The van der Waals surface area contributed by atoms with Gasteiger partial charge in [0, 0.05) is 12.4 Å². The van der Waals surface area contributed by atoms with Crippen molar-refractivity contribution in [2.75, 3.05) is 0 Å². The number of rotatable bonds is 4. The highest BCUT2D eigenvalue weighted by molar-refractivity contribution is 14.1. The molecule has 0 bridgehead atoms. The number of ether oxygens (including phenoxy) is 1. The van der Waals surface area contributed by atoms with E-state index < -0.39 is 21.6 Å². The first kappa shape index (κ1) is 24.4. The maximum absolute atomic E-state index is 11.2. The number of amides is 1. The number of carbonyl (C=O) groups is 1. The largest absolute Gasteiger partial charge is 0.444 e. The van der Waals surface area contributed by atoms with Gasteiger partial charge >= 0.3 is 12.3 Å². The molecule has 0 unspecified atom stereocenters. The van der Waals surface area contributed by atoms with Crippen molar-refractivity contribution < 1.29 is 22.7 Å². The Morgan fingerprint density at radius 1 is 1.38 bits per heavy atom. The topological polar surface area (TPSA) is 101 Å². The SMILES string of the molecule is C=C\C=C/C(N)=N/C=C/NC(=O)OC(C)(C)C.N=C(I)C(F)(F)F. The summed E-state index contributed by atoms with van der Waals surface area (Å²) in [4.78, 5) is 15.0. The minimum absolute atomic E-state index is 0.312. The maximum atomic E-state index is 11.2. The highest BCUT2D eigenvalue weighted by Gasteiger charge is 2.31. The Balaban J connectivity index is 0. The van der Waals surface area contributed by atoms with E-state index in [0.29, 0.717) is 5.84 Å². The van der Waals surface area contributed by atoms with Crippen LogP contribution in [0.4, 0.5) is 18.0 Å². The van der Waals surface area contributed by atoms with E-state index in [-0.39, 0.29) is 0 Å². The minimum Gasteiger partial charge on any atom is -0.444 e. The number of carbonyl (C=O) groups excluding carboxylic acids is 1. The third-order valence-corrected chi connectivity index (χ3v) is 2.16. The number of aliphatic imine (C=N–C) groups is 1. The highest BCUT2D eigenvalue weighted by atomic mass is 127. The second kappa shape index (κ2) is 11.6. The number of nitrogens with zero attached hydrogens (tertiary/aromatic N) is 1. The molecule has 1 amide bonds. The quantitative estimate of drug-likeness (QED) is 0.256. The number of nitrogens with one attached hydrogen (secondary N) is 2. The molecule has 0 spiro atoms. The molecule has 0 aromatic carbocycles. The molecular formula is C14H20F3IN4O2. The Bertz CT molecular complexity index is 521. The average Bonchev–Trinajstić information content (AvgIpc) is 2.39. The Morgan fingerprint density at radius 2 is 1.88 bits per heavy atom. The average molecular weight is 460 g/mol. The van der Waals surface area contributed by atoms with E-state index >= 15 is 0 Å². The molecule has 0 aliphatic heterocycles. The molecule has 0 aliphatic carbocycles. The standard InChI is InChI=1S/C12H19N3O2.C2HF3IN/c1-5-6-7-10(13)14-8-9-15-11(16)17-12(2,3)4;3-2(4,5)1(6)7/h5-9H,1H2,2-4H3,(H2,13,14)(H,15,16);7H/b7-6-,9-8+;. The zero-order chi connectivity index (χ0) is 19.4. The van der Waals surface area contributed by atoms with Crippen molar-refractivity contribution in [3.05, 3.63) is 37.2 Å². The molecule has 0 aliphatic rings. The first-order valence-corrected chi connectivity index (χ1v) is 7.45. The van der Waals surface area contributed by atoms with Crippen LogP contribution in [0.25, 0.3) is 0 Å². The Hall–Kier alpha value is -1.85. The van der Waals surface area contributed by atoms with Crippen LogP contribution < -0.4 is 11.1 Å². The molecular weight excluding hydrogens is 440 g/mol. The zero-order valence-electron chi connectivity index (χ0n) is 13.4. The number of alkyl halides is 3. The van der Waals surface area contributed by atoms with Crippen molar-refractivity contribution in [2.24, 2.45) is 10.7 Å². The summed E-state index contributed by atoms with van der Waals surface area (Å²) >= 11 is 0.908. The molecule has 136 valence electrons. The van der Waals surface area contributed by atoms with Gasteiger partial charge in [-0.15, -0.1) is 0 Å². The zero-order valence-corrected chi connectivity index (χ0v) is 15.6. The van der Waals surface area contributed by atoms with Gasteiger partial charge in [-0.2, -0.15) is 13.2 Å². The molecule has 6 nitrogen and oxygen atoms in total. The monoisotopic (exact) mass is 460 g/mol. The van der Waals surface area contributed by atoms with Gasteiger partial charge in [-0.1, -0.05) is 18.7 Å². The van der Waals surface area contributed by atoms with Crippen LogP contribution in [0.1, 0.15) is 20.8 Å². The molecule has 0 aromatic heterocycles. The summed E-state index contributed by atoms with van der Waals surface area (Å²) in [5.41, 5.74) is 4.98. The second-order valence-corrected chi connectivity index (χ2v) is 6.00. The summed E-state index contributed by atoms with van der Waals surface area (Å²) < 4.78 is 36.6. The molecule has 24 heavy (non-hydrogen) atoms. The number of hydrogen-bond acceptors (Lipinski definition) is 4. The lowest BCUT2D eigenvalue weighted by Crippen LogP contribution is -2.29. The molecule has 10 heteroatoms. The molecule has 0 fully saturated rings. The van der Waals surface area contributed by atoms with Gasteiger partial charge in [0.2, 0.25) is 0 Å². The first-order valence-electron chi connectivity index (χ1n) is 6.37. The normalized spacial score (nSPS) is 12.5. The lowest BCUT2D eigenvalue weighted by atomic mass is 10.2. The fourth-order valence-corrected chi connectivity index (χ4v) is 0.746. The molecule has 0 saturated carbocycles. The van der Waals surface area contributed by atoms with E-state index in [9.17, 15) is 18.0 Å². The van der Waals surface area contributed by atoms with Crippen LogP contribution in [-0.4, -0.2) is 27.4 Å². The van der Waals surface area contributed by atoms with Crippen LogP contribution >= 0.6 is 22.6 Å². The van der Waals surface area contributed by atoms with Crippen LogP contribution in [0.15, 0.2) is 42.2 Å². The summed E-state index contributed by atoms with van der Waals surface area (Å²) in [5, 5.41) is 8.41. The molecule has 4 N–H and O–H groups in total. The van der Waals surface area contributed by atoms with Crippen molar-refractivity contribution in [2.45, 2.75) is 32.5 Å². The minimum atomic E-state index is -4.43.